The summed E-state index contributed by atoms with van der Waals surface area (Å²) in [7, 11) is 0. The van der Waals surface area contributed by atoms with Gasteiger partial charge in [-0.15, -0.1) is 0 Å². The highest BCUT2D eigenvalue weighted by Crippen LogP contribution is 1.88. The van der Waals surface area contributed by atoms with Gasteiger partial charge in [0.1, 0.15) is 5.76 Å². The lowest BCUT2D eigenvalue weighted by molar-refractivity contribution is 0.397. The lowest BCUT2D eigenvalue weighted by atomic mass is 10.5. The molecule has 0 aliphatic carbocycles. The van der Waals surface area contributed by atoms with Gasteiger partial charge in [-0.25, -0.2) is 0 Å². The standard InChI is InChI=1S/C4H5NO/c1-4-2-3-5-6-4/h2-3H,1H3/i1D3. The monoisotopic (exact) mass is 86.1 g/mol. The van der Waals surface area contributed by atoms with Gasteiger partial charge in [-0.1, -0.05) is 5.16 Å². The predicted molar refractivity (Wildman–Crippen MR) is 21.2 cm³/mol. The number of hydrogen-bond acceptors (Lipinski definition) is 2. The van der Waals surface area contributed by atoms with Crippen molar-refractivity contribution in [3.8, 4) is 0 Å². The first-order valence-corrected chi connectivity index (χ1v) is 1.52. The zero-order chi connectivity index (χ0) is 6.91. The number of hydrogen-bond donors (Lipinski definition) is 0. The van der Waals surface area contributed by atoms with E-state index in [0.29, 0.717) is 0 Å². The largest absolute Gasteiger partial charge is 0.362 e. The Morgan fingerprint density at radius 1 is 2.17 bits per heavy atom. The van der Waals surface area contributed by atoms with Crippen LogP contribution >= 0.6 is 0 Å². The minimum absolute atomic E-state index is 0.0671. The lowest BCUT2D eigenvalue weighted by Gasteiger charge is -1.65. The summed E-state index contributed by atoms with van der Waals surface area (Å²) in [6.45, 7) is -2.16. The molecule has 1 aromatic rings. The highest BCUT2D eigenvalue weighted by Gasteiger charge is 1.78. The van der Waals surface area contributed by atoms with E-state index < -0.39 is 6.85 Å². The average molecular weight is 86.1 g/mol. The van der Waals surface area contributed by atoms with Gasteiger partial charge in [0.15, 0.2) is 0 Å². The van der Waals surface area contributed by atoms with Crippen molar-refractivity contribution < 1.29 is 8.64 Å². The van der Waals surface area contributed by atoms with Crippen LogP contribution in [-0.4, -0.2) is 5.16 Å². The summed E-state index contributed by atoms with van der Waals surface area (Å²) >= 11 is 0. The fourth-order valence-corrected chi connectivity index (χ4v) is 0.216. The maximum Gasteiger partial charge on any atom is 0.133 e. The van der Waals surface area contributed by atoms with Gasteiger partial charge in [-0.3, -0.25) is 0 Å². The molecule has 1 aromatic heterocycles. The third-order valence-corrected chi connectivity index (χ3v) is 0.438. The summed E-state index contributed by atoms with van der Waals surface area (Å²) < 4.78 is 24.8. The quantitative estimate of drug-likeness (QED) is 0.470. The number of aromatic nitrogens is 1. The van der Waals surface area contributed by atoms with Crippen molar-refractivity contribution in [3.05, 3.63) is 18.0 Å². The summed E-state index contributed by atoms with van der Waals surface area (Å²) in [6, 6.07) is 1.33. The van der Waals surface area contributed by atoms with E-state index in [-0.39, 0.29) is 5.76 Å². The van der Waals surface area contributed by atoms with E-state index in [9.17, 15) is 0 Å². The van der Waals surface area contributed by atoms with E-state index in [1.807, 2.05) is 0 Å². The van der Waals surface area contributed by atoms with Crippen LogP contribution in [0.15, 0.2) is 16.8 Å². The first-order valence-electron chi connectivity index (χ1n) is 3.02. The topological polar surface area (TPSA) is 26.0 Å². The fourth-order valence-electron chi connectivity index (χ4n) is 0.216. The molecule has 0 amide bonds. The van der Waals surface area contributed by atoms with Crippen LogP contribution in [-0.2, 0) is 0 Å². The molecule has 32 valence electrons. The highest BCUT2D eigenvalue weighted by atomic mass is 16.5. The molecule has 1 heterocycles. The Morgan fingerprint density at radius 2 is 3.17 bits per heavy atom. The van der Waals surface area contributed by atoms with Crippen molar-refractivity contribution in [1.29, 1.82) is 0 Å². The molecule has 0 saturated heterocycles. The second-order valence-corrected chi connectivity index (χ2v) is 0.877. The zero-order valence-electron chi connectivity index (χ0n) is 6.01. The Hall–Kier alpha value is -0.790. The molecule has 1 rings (SSSR count). The zero-order valence-corrected chi connectivity index (χ0v) is 3.01. The van der Waals surface area contributed by atoms with Crippen molar-refractivity contribution in [3.63, 3.8) is 0 Å². The molecule has 2 heteroatoms. The summed E-state index contributed by atoms with van der Waals surface area (Å²) in [5, 5.41) is 3.25. The van der Waals surface area contributed by atoms with Crippen LogP contribution in [0.4, 0.5) is 0 Å². The molecular formula is C4H5NO. The Bertz CT molecular complexity index is 178. The first kappa shape index (κ1) is 1.37. The molecule has 0 saturated carbocycles. The van der Waals surface area contributed by atoms with E-state index in [0.717, 1.165) is 0 Å². The van der Waals surface area contributed by atoms with Crippen molar-refractivity contribution in [2.24, 2.45) is 0 Å². The lowest BCUT2D eigenvalue weighted by Crippen LogP contribution is -1.50. The van der Waals surface area contributed by atoms with Crippen LogP contribution in [0.2, 0.25) is 0 Å². The van der Waals surface area contributed by atoms with Crippen LogP contribution < -0.4 is 0 Å². The molecule has 0 bridgehead atoms. The predicted octanol–water partition coefficient (Wildman–Crippen LogP) is 0.983. The highest BCUT2D eigenvalue weighted by molar-refractivity contribution is 4.87. The molecule has 0 aliphatic heterocycles. The van der Waals surface area contributed by atoms with Gasteiger partial charge in [0.2, 0.25) is 0 Å². The minimum atomic E-state index is -2.16. The van der Waals surface area contributed by atoms with Gasteiger partial charge >= 0.3 is 0 Å². The Balaban J connectivity index is 2.90. The maximum atomic E-state index is 6.79. The molecule has 0 N–H and O–H groups in total. The van der Waals surface area contributed by atoms with Crippen LogP contribution in [0.1, 0.15) is 9.87 Å². The van der Waals surface area contributed by atoms with E-state index in [1.165, 1.54) is 12.3 Å². The molecule has 2 nitrogen and oxygen atoms in total. The van der Waals surface area contributed by atoms with E-state index in [4.69, 9.17) is 4.11 Å². The summed E-state index contributed by atoms with van der Waals surface area (Å²) in [6.07, 6.45) is 1.31. The summed E-state index contributed by atoms with van der Waals surface area (Å²) in [5.41, 5.74) is 0. The van der Waals surface area contributed by atoms with Gasteiger partial charge in [0.25, 0.3) is 0 Å². The van der Waals surface area contributed by atoms with Crippen LogP contribution in [0.5, 0.6) is 0 Å². The molecule has 0 fully saturated rings. The number of aryl methyl sites for hydroxylation is 1. The van der Waals surface area contributed by atoms with E-state index in [2.05, 4.69) is 9.68 Å². The second-order valence-electron chi connectivity index (χ2n) is 0.877. The first-order chi connectivity index (χ1) is 4.11. The van der Waals surface area contributed by atoms with Gasteiger partial charge in [0.05, 0.1) is 6.20 Å². The van der Waals surface area contributed by atoms with Crippen molar-refractivity contribution >= 4 is 0 Å². The smallest absolute Gasteiger partial charge is 0.133 e. The van der Waals surface area contributed by atoms with Gasteiger partial charge < -0.3 is 4.52 Å². The van der Waals surface area contributed by atoms with Crippen molar-refractivity contribution in [2.45, 2.75) is 6.85 Å². The Kier molecular flexibility index (Phi) is 0.257. The van der Waals surface area contributed by atoms with Crippen molar-refractivity contribution in [1.82, 2.24) is 5.16 Å². The Morgan fingerprint density at radius 3 is 3.50 bits per heavy atom. The van der Waals surface area contributed by atoms with Crippen LogP contribution in [0.3, 0.4) is 0 Å². The second kappa shape index (κ2) is 1.12. The summed E-state index contributed by atoms with van der Waals surface area (Å²) in [5.74, 6) is -0.0671. The molecule has 0 atom stereocenters. The van der Waals surface area contributed by atoms with Crippen LogP contribution in [0, 0.1) is 6.85 Å². The van der Waals surface area contributed by atoms with E-state index >= 15 is 0 Å². The molecular weight excluding hydrogens is 78.0 g/mol. The molecule has 0 unspecified atom stereocenters. The molecule has 0 spiro atoms. The molecule has 0 aromatic carbocycles. The number of rotatable bonds is 0. The fraction of sp³-hybridized carbons (Fsp3) is 0.250. The molecule has 6 heavy (non-hydrogen) atoms. The molecule has 0 radical (unpaired) electrons. The third-order valence-electron chi connectivity index (χ3n) is 0.438. The summed E-state index contributed by atoms with van der Waals surface area (Å²) in [4.78, 5) is 0. The van der Waals surface area contributed by atoms with Crippen molar-refractivity contribution in [2.75, 3.05) is 0 Å². The van der Waals surface area contributed by atoms with Gasteiger partial charge in [-0.2, -0.15) is 0 Å². The van der Waals surface area contributed by atoms with Gasteiger partial charge in [0, 0.05) is 10.2 Å². The normalized spacial score (nSPS) is 18.3. The average Bonchev–Trinajstić information content (AvgIpc) is 2.08. The third kappa shape index (κ3) is 0.407. The van der Waals surface area contributed by atoms with E-state index in [1.54, 1.807) is 0 Å². The molecule has 0 aliphatic rings. The minimum Gasteiger partial charge on any atom is -0.362 e. The van der Waals surface area contributed by atoms with Gasteiger partial charge in [-0.05, 0) is 6.85 Å². The SMILES string of the molecule is [2H]C([2H])([2H])c1ccno1. The Labute approximate surface area is 40.0 Å². The maximum absolute atomic E-state index is 6.79. The number of nitrogens with zero attached hydrogens (tertiary/aromatic N) is 1. The van der Waals surface area contributed by atoms with Crippen LogP contribution in [0.25, 0.3) is 0 Å².